The van der Waals surface area contributed by atoms with E-state index < -0.39 is 10.0 Å². The van der Waals surface area contributed by atoms with E-state index in [1.807, 2.05) is 30.3 Å². The number of rotatable bonds is 4. The SMILES string of the molecule is CN(C)S(=O)(=O)c1cc(NC(=S)Nc2ccccc2)ccc1Cl. The fourth-order valence-corrected chi connectivity index (χ4v) is 3.42. The molecule has 0 atom stereocenters. The molecule has 0 amide bonds. The van der Waals surface area contributed by atoms with Crippen LogP contribution < -0.4 is 10.6 Å². The van der Waals surface area contributed by atoms with Gasteiger partial charge in [-0.1, -0.05) is 29.8 Å². The van der Waals surface area contributed by atoms with Crippen LogP contribution >= 0.6 is 23.8 Å². The lowest BCUT2D eigenvalue weighted by Crippen LogP contribution is -2.23. The van der Waals surface area contributed by atoms with E-state index in [1.165, 1.54) is 26.2 Å². The summed E-state index contributed by atoms with van der Waals surface area (Å²) in [6.45, 7) is 0. The Bertz CT molecular complexity index is 809. The number of anilines is 2. The van der Waals surface area contributed by atoms with Crippen LogP contribution in [0.1, 0.15) is 0 Å². The van der Waals surface area contributed by atoms with Gasteiger partial charge in [-0.05, 0) is 42.5 Å². The average molecular weight is 370 g/mol. The molecule has 0 aliphatic rings. The van der Waals surface area contributed by atoms with Gasteiger partial charge >= 0.3 is 0 Å². The zero-order valence-corrected chi connectivity index (χ0v) is 15.0. The normalized spacial score (nSPS) is 11.3. The highest BCUT2D eigenvalue weighted by molar-refractivity contribution is 7.89. The summed E-state index contributed by atoms with van der Waals surface area (Å²) < 4.78 is 25.6. The van der Waals surface area contributed by atoms with Crippen molar-refractivity contribution in [3.63, 3.8) is 0 Å². The van der Waals surface area contributed by atoms with Crippen LogP contribution in [0.15, 0.2) is 53.4 Å². The van der Waals surface area contributed by atoms with Gasteiger partial charge in [0.1, 0.15) is 4.90 Å². The van der Waals surface area contributed by atoms with Crippen molar-refractivity contribution in [1.82, 2.24) is 4.31 Å². The number of hydrogen-bond acceptors (Lipinski definition) is 3. The monoisotopic (exact) mass is 369 g/mol. The van der Waals surface area contributed by atoms with E-state index in [0.717, 1.165) is 9.99 Å². The lowest BCUT2D eigenvalue weighted by molar-refractivity contribution is 0.521. The van der Waals surface area contributed by atoms with E-state index in [-0.39, 0.29) is 9.92 Å². The first-order valence-electron chi connectivity index (χ1n) is 6.66. The van der Waals surface area contributed by atoms with Crippen molar-refractivity contribution in [1.29, 1.82) is 0 Å². The first-order valence-corrected chi connectivity index (χ1v) is 8.88. The summed E-state index contributed by atoms with van der Waals surface area (Å²) in [5.74, 6) is 0. The van der Waals surface area contributed by atoms with Crippen LogP contribution in [0, 0.1) is 0 Å². The van der Waals surface area contributed by atoms with Gasteiger partial charge in [0, 0.05) is 25.5 Å². The maximum atomic E-state index is 12.2. The fraction of sp³-hybridized carbons (Fsp3) is 0.133. The Morgan fingerprint density at radius 3 is 2.26 bits per heavy atom. The average Bonchev–Trinajstić information content (AvgIpc) is 2.49. The minimum atomic E-state index is -3.63. The molecule has 0 radical (unpaired) electrons. The number of nitrogens with zero attached hydrogens (tertiary/aromatic N) is 1. The van der Waals surface area contributed by atoms with Crippen molar-refractivity contribution < 1.29 is 8.42 Å². The predicted octanol–water partition coefficient (Wildman–Crippen LogP) is 3.40. The van der Waals surface area contributed by atoms with Crippen LogP contribution in [0.4, 0.5) is 11.4 Å². The molecule has 0 saturated heterocycles. The highest BCUT2D eigenvalue weighted by Crippen LogP contribution is 2.26. The summed E-state index contributed by atoms with van der Waals surface area (Å²) >= 11 is 11.2. The van der Waals surface area contributed by atoms with E-state index >= 15 is 0 Å². The summed E-state index contributed by atoms with van der Waals surface area (Å²) in [6, 6.07) is 14.1. The number of sulfonamides is 1. The number of nitrogens with one attached hydrogen (secondary N) is 2. The molecule has 2 aromatic carbocycles. The van der Waals surface area contributed by atoms with Crippen LogP contribution in [0.5, 0.6) is 0 Å². The lowest BCUT2D eigenvalue weighted by Gasteiger charge is -2.15. The van der Waals surface area contributed by atoms with Gasteiger partial charge < -0.3 is 10.6 Å². The van der Waals surface area contributed by atoms with Crippen LogP contribution in [-0.2, 0) is 10.0 Å². The molecule has 2 rings (SSSR count). The predicted molar refractivity (Wildman–Crippen MR) is 98.6 cm³/mol. The number of hydrogen-bond donors (Lipinski definition) is 2. The van der Waals surface area contributed by atoms with Gasteiger partial charge in [0.05, 0.1) is 5.02 Å². The Hall–Kier alpha value is -1.67. The molecule has 23 heavy (non-hydrogen) atoms. The molecular weight excluding hydrogens is 354 g/mol. The van der Waals surface area contributed by atoms with Crippen LogP contribution in [0.25, 0.3) is 0 Å². The second kappa shape index (κ2) is 7.27. The van der Waals surface area contributed by atoms with Gasteiger partial charge in [-0.2, -0.15) is 0 Å². The van der Waals surface area contributed by atoms with Crippen LogP contribution in [-0.4, -0.2) is 31.9 Å². The quantitative estimate of drug-likeness (QED) is 0.809. The number of para-hydroxylation sites is 1. The van der Waals surface area contributed by atoms with Crippen molar-refractivity contribution in [2.45, 2.75) is 4.90 Å². The minimum absolute atomic E-state index is 0.0247. The van der Waals surface area contributed by atoms with Crippen molar-refractivity contribution >= 4 is 50.3 Å². The standard InChI is InChI=1S/C15H16ClN3O2S2/c1-19(2)23(20,21)14-10-12(8-9-13(14)16)18-15(22)17-11-6-4-3-5-7-11/h3-10H,1-2H3,(H2,17,18,22). The maximum absolute atomic E-state index is 12.2. The number of halogens is 1. The van der Waals surface area contributed by atoms with Gasteiger partial charge in [-0.25, -0.2) is 12.7 Å². The summed E-state index contributed by atoms with van der Waals surface area (Å²) in [6.07, 6.45) is 0. The van der Waals surface area contributed by atoms with Crippen LogP contribution in [0.2, 0.25) is 5.02 Å². The van der Waals surface area contributed by atoms with Gasteiger partial charge in [0.15, 0.2) is 5.11 Å². The van der Waals surface area contributed by atoms with Crippen molar-refractivity contribution in [3.8, 4) is 0 Å². The molecule has 0 bridgehead atoms. The molecular formula is C15H16ClN3O2S2. The lowest BCUT2D eigenvalue weighted by atomic mass is 10.3. The van der Waals surface area contributed by atoms with Gasteiger partial charge in [0.25, 0.3) is 0 Å². The van der Waals surface area contributed by atoms with E-state index in [4.69, 9.17) is 23.8 Å². The molecule has 122 valence electrons. The Labute approximate surface area is 146 Å². The smallest absolute Gasteiger partial charge is 0.244 e. The highest BCUT2D eigenvalue weighted by atomic mass is 35.5. The Morgan fingerprint density at radius 1 is 1.04 bits per heavy atom. The molecule has 0 aromatic heterocycles. The first-order chi connectivity index (χ1) is 10.8. The Balaban J connectivity index is 2.20. The van der Waals surface area contributed by atoms with Gasteiger partial charge in [0.2, 0.25) is 10.0 Å². The molecule has 0 spiro atoms. The summed E-state index contributed by atoms with van der Waals surface area (Å²) in [5.41, 5.74) is 1.36. The molecule has 0 fully saturated rings. The summed E-state index contributed by atoms with van der Waals surface area (Å²) in [7, 11) is -0.724. The fourth-order valence-electron chi connectivity index (χ4n) is 1.79. The highest BCUT2D eigenvalue weighted by Gasteiger charge is 2.21. The second-order valence-electron chi connectivity index (χ2n) is 4.88. The van der Waals surface area contributed by atoms with Crippen molar-refractivity contribution in [3.05, 3.63) is 53.6 Å². The largest absolute Gasteiger partial charge is 0.332 e. The summed E-state index contributed by atoms with van der Waals surface area (Å²) in [4.78, 5) is 0.0247. The third kappa shape index (κ3) is 4.42. The van der Waals surface area contributed by atoms with Gasteiger partial charge in [-0.3, -0.25) is 0 Å². The molecule has 5 nitrogen and oxygen atoms in total. The third-order valence-electron chi connectivity index (χ3n) is 2.98. The Morgan fingerprint density at radius 2 is 1.65 bits per heavy atom. The molecule has 0 saturated carbocycles. The molecule has 2 N–H and O–H groups in total. The van der Waals surface area contributed by atoms with E-state index in [1.54, 1.807) is 6.07 Å². The number of benzene rings is 2. The molecule has 2 aromatic rings. The second-order valence-corrected chi connectivity index (χ2v) is 7.81. The molecule has 0 aliphatic heterocycles. The van der Waals surface area contributed by atoms with E-state index in [0.29, 0.717) is 10.8 Å². The molecule has 0 unspecified atom stereocenters. The molecule has 8 heteroatoms. The molecule has 0 aliphatic carbocycles. The zero-order chi connectivity index (χ0) is 17.0. The van der Waals surface area contributed by atoms with E-state index in [2.05, 4.69) is 10.6 Å². The molecule has 0 heterocycles. The van der Waals surface area contributed by atoms with Crippen molar-refractivity contribution in [2.75, 3.05) is 24.7 Å². The van der Waals surface area contributed by atoms with Crippen LogP contribution in [0.3, 0.4) is 0 Å². The van der Waals surface area contributed by atoms with Crippen molar-refractivity contribution in [2.24, 2.45) is 0 Å². The zero-order valence-electron chi connectivity index (χ0n) is 12.6. The summed E-state index contributed by atoms with van der Waals surface area (Å²) in [5, 5.41) is 6.47. The van der Waals surface area contributed by atoms with E-state index in [9.17, 15) is 8.42 Å². The first kappa shape index (κ1) is 17.7. The maximum Gasteiger partial charge on any atom is 0.244 e. The minimum Gasteiger partial charge on any atom is -0.332 e. The number of thiocarbonyl (C=S) groups is 1. The third-order valence-corrected chi connectivity index (χ3v) is 5.48. The topological polar surface area (TPSA) is 61.4 Å². The van der Waals surface area contributed by atoms with Gasteiger partial charge in [-0.15, -0.1) is 0 Å². The Kier molecular flexibility index (Phi) is 5.59.